The van der Waals surface area contributed by atoms with Gasteiger partial charge in [-0.2, -0.15) is 0 Å². The third-order valence-electron chi connectivity index (χ3n) is 11.3. The van der Waals surface area contributed by atoms with Gasteiger partial charge in [-0.3, -0.25) is 13.4 Å². The highest BCUT2D eigenvalue weighted by atomic mass is 35.5. The summed E-state index contributed by atoms with van der Waals surface area (Å²) >= 11 is 13.0. The van der Waals surface area contributed by atoms with Gasteiger partial charge in [-0.15, -0.1) is 0 Å². The molecule has 63 heavy (non-hydrogen) atoms. The molecule has 13 nitrogen and oxygen atoms in total. The second-order valence-corrected chi connectivity index (χ2v) is 23.5. The van der Waals surface area contributed by atoms with Crippen molar-refractivity contribution in [3.63, 3.8) is 0 Å². The van der Waals surface area contributed by atoms with Crippen molar-refractivity contribution in [2.45, 2.75) is 81.7 Å². The molecule has 342 valence electrons. The second-order valence-electron chi connectivity index (χ2n) is 16.9. The summed E-state index contributed by atoms with van der Waals surface area (Å²) in [6, 6.07) is 24.7. The van der Waals surface area contributed by atoms with Crippen LogP contribution in [0.4, 0.5) is 17.1 Å². The number of carbonyl (C=O) groups is 1. The van der Waals surface area contributed by atoms with Gasteiger partial charge in [-0.05, 0) is 116 Å². The summed E-state index contributed by atoms with van der Waals surface area (Å²) in [4.78, 5) is 13.7. The number of sulfonamides is 3. The fourth-order valence-electron chi connectivity index (χ4n) is 8.01. The molecule has 0 aromatic heterocycles. The molecule has 2 heterocycles. The summed E-state index contributed by atoms with van der Waals surface area (Å²) in [5.41, 5.74) is 2.18. The molecule has 1 N–H and O–H groups in total. The van der Waals surface area contributed by atoms with Gasteiger partial charge >= 0.3 is 0 Å². The minimum absolute atomic E-state index is 0.0351. The van der Waals surface area contributed by atoms with Crippen LogP contribution in [0.3, 0.4) is 0 Å². The van der Waals surface area contributed by atoms with Crippen molar-refractivity contribution in [2.24, 2.45) is 11.8 Å². The Labute approximate surface area is 383 Å². The second kappa shape index (κ2) is 20.4. The highest BCUT2D eigenvalue weighted by molar-refractivity contribution is 7.93. The first kappa shape index (κ1) is 48.4. The maximum atomic E-state index is 14.6. The number of nitrogens with zero attached hydrogens (tertiary/aromatic N) is 4. The van der Waals surface area contributed by atoms with Crippen LogP contribution in [-0.2, 0) is 41.3 Å². The third-order valence-corrected chi connectivity index (χ3v) is 16.7. The van der Waals surface area contributed by atoms with E-state index in [1.807, 2.05) is 20.8 Å². The smallest absolute Gasteiger partial charge is 0.264 e. The Morgan fingerprint density at radius 2 is 1.33 bits per heavy atom. The molecule has 2 fully saturated rings. The first-order valence-electron chi connectivity index (χ1n) is 21.1. The van der Waals surface area contributed by atoms with Crippen molar-refractivity contribution < 1.29 is 34.8 Å². The average molecular weight is 963 g/mol. The molecule has 2 aliphatic heterocycles. The molecule has 0 spiro atoms. The third kappa shape index (κ3) is 12.4. The van der Waals surface area contributed by atoms with Crippen LogP contribution in [0.5, 0.6) is 5.75 Å². The Balaban J connectivity index is 1.21. The molecule has 4 aromatic rings. The zero-order valence-corrected chi connectivity index (χ0v) is 40.2. The van der Waals surface area contributed by atoms with Crippen molar-refractivity contribution >= 4 is 76.2 Å². The molecule has 4 aromatic carbocycles. The lowest BCUT2D eigenvalue weighted by molar-refractivity contribution is -0.130. The number of hydrogen-bond donors (Lipinski definition) is 1. The molecule has 1 atom stereocenters. The van der Waals surface area contributed by atoms with E-state index in [1.54, 1.807) is 90.7 Å². The summed E-state index contributed by atoms with van der Waals surface area (Å²) in [6.45, 7) is 9.57. The van der Waals surface area contributed by atoms with Crippen molar-refractivity contribution in [1.29, 1.82) is 0 Å². The summed E-state index contributed by atoms with van der Waals surface area (Å²) in [7, 11) is -11.5. The number of likely N-dealkylation sites (tertiary alicyclic amines) is 1. The van der Waals surface area contributed by atoms with Crippen molar-refractivity contribution in [2.75, 3.05) is 59.5 Å². The number of anilines is 3. The molecule has 18 heteroatoms. The minimum atomic E-state index is -4.14. The molecular formula is C45H57Cl2N5O8S3. The molecule has 2 aliphatic rings. The van der Waals surface area contributed by atoms with E-state index in [4.69, 9.17) is 27.9 Å². The number of hydrogen-bond acceptors (Lipinski definition) is 9. The molecule has 6 rings (SSSR count). The summed E-state index contributed by atoms with van der Waals surface area (Å²) in [5.74, 6) is 0.180. The van der Waals surface area contributed by atoms with Crippen LogP contribution in [-0.4, -0.2) is 98.0 Å². The first-order valence-corrected chi connectivity index (χ1v) is 26.6. The monoisotopic (exact) mass is 961 g/mol. The Bertz CT molecular complexity index is 2550. The number of carbonyl (C=O) groups excluding carboxylic acids is 1. The average Bonchev–Trinajstić information content (AvgIpc) is 3.23. The lowest BCUT2D eigenvalue weighted by atomic mass is 9.99. The van der Waals surface area contributed by atoms with E-state index in [0.717, 1.165) is 5.69 Å². The molecular weight excluding hydrogens is 906 g/mol. The number of halogens is 2. The molecule has 0 saturated carbocycles. The van der Waals surface area contributed by atoms with E-state index < -0.39 is 30.1 Å². The van der Waals surface area contributed by atoms with Crippen LogP contribution >= 0.6 is 23.2 Å². The Morgan fingerprint density at radius 1 is 0.746 bits per heavy atom. The van der Waals surface area contributed by atoms with Gasteiger partial charge in [0.2, 0.25) is 15.9 Å². The zero-order chi connectivity index (χ0) is 45.7. The van der Waals surface area contributed by atoms with Gasteiger partial charge in [0.15, 0.2) is 0 Å². The van der Waals surface area contributed by atoms with E-state index >= 15 is 0 Å². The van der Waals surface area contributed by atoms with Crippen molar-refractivity contribution in [3.05, 3.63) is 107 Å². The van der Waals surface area contributed by atoms with Crippen molar-refractivity contribution in [1.82, 2.24) is 9.21 Å². The maximum absolute atomic E-state index is 14.6. The summed E-state index contributed by atoms with van der Waals surface area (Å²) in [6.07, 6.45) is 4.04. The minimum Gasteiger partial charge on any atom is -0.490 e. The highest BCUT2D eigenvalue weighted by Gasteiger charge is 2.32. The van der Waals surface area contributed by atoms with Gasteiger partial charge in [0.25, 0.3) is 20.0 Å². The lowest BCUT2D eigenvalue weighted by Crippen LogP contribution is -2.41. The quantitative estimate of drug-likeness (QED) is 0.111. The first-order chi connectivity index (χ1) is 29.7. The number of piperidine rings is 2. The number of nitrogens with one attached hydrogen (secondary N) is 1. The van der Waals surface area contributed by atoms with Crippen LogP contribution in [0, 0.1) is 11.8 Å². The van der Waals surface area contributed by atoms with E-state index in [0.29, 0.717) is 91.0 Å². The number of rotatable bonds is 17. The molecule has 0 bridgehead atoms. The van der Waals surface area contributed by atoms with Gasteiger partial charge in [0.05, 0.1) is 27.4 Å². The topological polar surface area (TPSA) is 154 Å². The van der Waals surface area contributed by atoms with Gasteiger partial charge < -0.3 is 15.0 Å². The highest BCUT2D eigenvalue weighted by Crippen LogP contribution is 2.35. The summed E-state index contributed by atoms with van der Waals surface area (Å²) < 4.78 is 92.5. The van der Waals surface area contributed by atoms with E-state index in [-0.39, 0.29) is 52.8 Å². The van der Waals surface area contributed by atoms with Crippen LogP contribution in [0.15, 0.2) is 101 Å². The fraction of sp³-hybridized carbons (Fsp3) is 0.444. The van der Waals surface area contributed by atoms with Gasteiger partial charge in [-0.1, -0.05) is 56.1 Å². The number of ether oxygens (including phenoxy) is 1. The fourth-order valence-corrected chi connectivity index (χ4v) is 12.5. The van der Waals surface area contributed by atoms with Crippen LogP contribution in [0.25, 0.3) is 0 Å². The van der Waals surface area contributed by atoms with E-state index in [2.05, 4.69) is 5.32 Å². The lowest BCUT2D eigenvalue weighted by Gasteiger charge is -2.32. The molecule has 1 unspecified atom stereocenters. The Hall–Kier alpha value is -4.06. The van der Waals surface area contributed by atoms with E-state index in [9.17, 15) is 30.0 Å². The van der Waals surface area contributed by atoms with Crippen LogP contribution in [0.1, 0.15) is 58.9 Å². The predicted molar refractivity (Wildman–Crippen MR) is 252 cm³/mol. The van der Waals surface area contributed by atoms with Crippen LogP contribution in [0.2, 0.25) is 10.0 Å². The molecule has 0 radical (unpaired) electrons. The SMILES string of the molecule is CC(=O)N1CCC(Oc2ccc(S(=O)(=O)N(CC(C)C)c3cc(Cl)ccc3CC(C)CN(c3cccc(Cl)c3)S(=O)(=O)c3ccc(NC4CCN(S(C)(=O)=O)CC4)cc3)cc2)CC1. The van der Waals surface area contributed by atoms with E-state index in [1.165, 1.54) is 31.3 Å². The largest absolute Gasteiger partial charge is 0.490 e. The predicted octanol–water partition coefficient (Wildman–Crippen LogP) is 8.14. The molecule has 1 amide bonds. The van der Waals surface area contributed by atoms with Gasteiger partial charge in [-0.25, -0.2) is 29.6 Å². The maximum Gasteiger partial charge on any atom is 0.264 e. The molecule has 2 saturated heterocycles. The normalized spacial score (nSPS) is 16.5. The van der Waals surface area contributed by atoms with Gasteiger partial charge in [0, 0.05) is 80.8 Å². The number of amides is 1. The van der Waals surface area contributed by atoms with Gasteiger partial charge in [0.1, 0.15) is 11.9 Å². The standard InChI is InChI=1S/C45H57Cl2N5O8S3/c1-32(2)30-52(63(58,59)44-17-13-41(14-18-44)60-42-21-23-49(24-22-42)34(4)53)45-29-37(47)10-9-35(45)27-33(3)31-51(40-8-6-7-36(46)28-40)62(56,57)43-15-11-38(12-16-43)48-39-19-25-50(26-20-39)61(5,54)55/h6-18,28-29,32-33,39,42,48H,19-27,30-31H2,1-5H3. The van der Waals surface area contributed by atoms with Crippen LogP contribution < -0.4 is 18.7 Å². The Kier molecular flexibility index (Phi) is 15.7. The number of benzene rings is 4. The van der Waals surface area contributed by atoms with Crippen molar-refractivity contribution in [3.8, 4) is 5.75 Å². The summed E-state index contributed by atoms with van der Waals surface area (Å²) in [5, 5.41) is 4.13. The molecule has 0 aliphatic carbocycles. The zero-order valence-electron chi connectivity index (χ0n) is 36.3. The Morgan fingerprint density at radius 3 is 1.90 bits per heavy atom.